The zero-order valence-corrected chi connectivity index (χ0v) is 11.5. The Labute approximate surface area is 105 Å². The second-order valence-corrected chi connectivity index (χ2v) is 4.35. The first kappa shape index (κ1) is 13.8. The van der Waals surface area contributed by atoms with E-state index in [1.807, 2.05) is 13.1 Å². The van der Waals surface area contributed by atoms with Gasteiger partial charge in [0.1, 0.15) is 11.6 Å². The van der Waals surface area contributed by atoms with Crippen LogP contribution in [0.4, 0.5) is 11.6 Å². The van der Waals surface area contributed by atoms with Gasteiger partial charge in [0, 0.05) is 20.1 Å². The highest BCUT2D eigenvalue weighted by Crippen LogP contribution is 2.17. The third-order valence-corrected chi connectivity index (χ3v) is 3.33. The zero-order valence-electron chi connectivity index (χ0n) is 11.5. The molecule has 17 heavy (non-hydrogen) atoms. The predicted molar refractivity (Wildman–Crippen MR) is 75.7 cm³/mol. The molecule has 0 spiro atoms. The quantitative estimate of drug-likeness (QED) is 0.785. The molecule has 0 unspecified atom stereocenters. The van der Waals surface area contributed by atoms with Gasteiger partial charge in [-0.1, -0.05) is 32.8 Å². The average Bonchev–Trinajstić information content (AvgIpc) is 2.40. The number of aromatic nitrogens is 1. The van der Waals surface area contributed by atoms with Gasteiger partial charge in [0.15, 0.2) is 0 Å². The van der Waals surface area contributed by atoms with Crippen molar-refractivity contribution >= 4 is 11.6 Å². The molecular formula is C14H25N3. The van der Waals surface area contributed by atoms with Crippen molar-refractivity contribution in [2.45, 2.75) is 33.6 Å². The van der Waals surface area contributed by atoms with Gasteiger partial charge >= 0.3 is 0 Å². The molecule has 96 valence electrons. The van der Waals surface area contributed by atoms with Gasteiger partial charge in [-0.3, -0.25) is 0 Å². The summed E-state index contributed by atoms with van der Waals surface area (Å²) in [6.07, 6.45) is 2.47. The summed E-state index contributed by atoms with van der Waals surface area (Å²) in [7, 11) is 1.91. The average molecular weight is 235 g/mol. The number of hydrogen-bond donors (Lipinski definition) is 1. The monoisotopic (exact) mass is 235 g/mol. The van der Waals surface area contributed by atoms with Gasteiger partial charge in [0.05, 0.1) is 0 Å². The first-order valence-electron chi connectivity index (χ1n) is 6.64. The second-order valence-electron chi connectivity index (χ2n) is 4.35. The van der Waals surface area contributed by atoms with Crippen LogP contribution in [0.3, 0.4) is 0 Å². The van der Waals surface area contributed by atoms with E-state index in [0.717, 1.165) is 30.6 Å². The van der Waals surface area contributed by atoms with Gasteiger partial charge in [-0.05, 0) is 25.0 Å². The topological polar surface area (TPSA) is 28.2 Å². The van der Waals surface area contributed by atoms with E-state index in [4.69, 9.17) is 0 Å². The number of pyridine rings is 1. The molecule has 0 atom stereocenters. The van der Waals surface area contributed by atoms with E-state index >= 15 is 0 Å². The molecule has 0 aliphatic rings. The van der Waals surface area contributed by atoms with Crippen LogP contribution in [0.25, 0.3) is 0 Å². The lowest BCUT2D eigenvalue weighted by Crippen LogP contribution is -2.29. The molecule has 0 bridgehead atoms. The van der Waals surface area contributed by atoms with Crippen molar-refractivity contribution in [3.63, 3.8) is 0 Å². The Bertz CT molecular complexity index is 321. The second kappa shape index (κ2) is 7.15. The lowest BCUT2D eigenvalue weighted by atomic mass is 10.0. The van der Waals surface area contributed by atoms with E-state index in [-0.39, 0.29) is 0 Å². The minimum Gasteiger partial charge on any atom is -0.373 e. The first-order chi connectivity index (χ1) is 8.24. The summed E-state index contributed by atoms with van der Waals surface area (Å²) in [6, 6.07) is 6.14. The van der Waals surface area contributed by atoms with E-state index in [1.54, 1.807) is 0 Å². The van der Waals surface area contributed by atoms with Crippen molar-refractivity contribution in [2.24, 2.45) is 5.92 Å². The minimum atomic E-state index is 0.759. The van der Waals surface area contributed by atoms with Crippen molar-refractivity contribution in [1.29, 1.82) is 0 Å². The lowest BCUT2D eigenvalue weighted by molar-refractivity contribution is 0.484. The molecule has 0 aliphatic heterocycles. The third kappa shape index (κ3) is 3.91. The predicted octanol–water partition coefficient (Wildman–Crippen LogP) is 3.39. The number of hydrogen-bond acceptors (Lipinski definition) is 3. The summed E-state index contributed by atoms with van der Waals surface area (Å²) in [4.78, 5) is 6.96. The molecule has 3 heteroatoms. The normalized spacial score (nSPS) is 10.6. The fourth-order valence-corrected chi connectivity index (χ4v) is 1.98. The number of rotatable bonds is 7. The Morgan fingerprint density at radius 1 is 1.24 bits per heavy atom. The molecule has 0 saturated carbocycles. The van der Waals surface area contributed by atoms with Crippen molar-refractivity contribution in [3.05, 3.63) is 18.2 Å². The van der Waals surface area contributed by atoms with Crippen LogP contribution in [0, 0.1) is 5.92 Å². The molecule has 3 nitrogen and oxygen atoms in total. The van der Waals surface area contributed by atoms with Crippen LogP contribution >= 0.6 is 0 Å². The van der Waals surface area contributed by atoms with Crippen LogP contribution in [0.5, 0.6) is 0 Å². The fraction of sp³-hybridized carbons (Fsp3) is 0.643. The van der Waals surface area contributed by atoms with E-state index in [1.165, 1.54) is 12.8 Å². The molecule has 0 saturated heterocycles. The smallest absolute Gasteiger partial charge is 0.130 e. The molecule has 0 aliphatic carbocycles. The van der Waals surface area contributed by atoms with Crippen LogP contribution in [-0.2, 0) is 0 Å². The summed E-state index contributed by atoms with van der Waals surface area (Å²) in [6.45, 7) is 8.83. The summed E-state index contributed by atoms with van der Waals surface area (Å²) in [5.74, 6) is 2.77. The summed E-state index contributed by atoms with van der Waals surface area (Å²) in [5.41, 5.74) is 0. The van der Waals surface area contributed by atoms with Crippen LogP contribution < -0.4 is 10.2 Å². The van der Waals surface area contributed by atoms with Gasteiger partial charge in [0.25, 0.3) is 0 Å². The Morgan fingerprint density at radius 3 is 2.47 bits per heavy atom. The highest BCUT2D eigenvalue weighted by atomic mass is 15.2. The number of anilines is 2. The van der Waals surface area contributed by atoms with Crippen molar-refractivity contribution in [3.8, 4) is 0 Å². The number of nitrogens with one attached hydrogen (secondary N) is 1. The van der Waals surface area contributed by atoms with Crippen LogP contribution in [-0.4, -0.2) is 25.1 Å². The third-order valence-electron chi connectivity index (χ3n) is 3.33. The molecule has 1 aromatic heterocycles. The maximum atomic E-state index is 4.60. The van der Waals surface area contributed by atoms with Crippen LogP contribution in [0.1, 0.15) is 33.6 Å². The SMILES string of the molecule is CCC(CC)CN(CC)c1cccc(NC)n1. The van der Waals surface area contributed by atoms with Crippen molar-refractivity contribution < 1.29 is 0 Å². The highest BCUT2D eigenvalue weighted by molar-refractivity contribution is 5.46. The first-order valence-corrected chi connectivity index (χ1v) is 6.64. The molecule has 1 heterocycles. The summed E-state index contributed by atoms with van der Waals surface area (Å²) >= 11 is 0. The minimum absolute atomic E-state index is 0.759. The van der Waals surface area contributed by atoms with Crippen molar-refractivity contribution in [2.75, 3.05) is 30.4 Å². The Morgan fingerprint density at radius 2 is 1.94 bits per heavy atom. The van der Waals surface area contributed by atoms with Crippen LogP contribution in [0.15, 0.2) is 18.2 Å². The van der Waals surface area contributed by atoms with Gasteiger partial charge < -0.3 is 10.2 Å². The largest absolute Gasteiger partial charge is 0.373 e. The summed E-state index contributed by atoms with van der Waals surface area (Å²) < 4.78 is 0. The van der Waals surface area contributed by atoms with Gasteiger partial charge in [-0.15, -0.1) is 0 Å². The van der Waals surface area contributed by atoms with Crippen molar-refractivity contribution in [1.82, 2.24) is 4.98 Å². The fourth-order valence-electron chi connectivity index (χ4n) is 1.98. The van der Waals surface area contributed by atoms with Gasteiger partial charge in [-0.2, -0.15) is 0 Å². The lowest BCUT2D eigenvalue weighted by Gasteiger charge is -2.26. The standard InChI is InChI=1S/C14H25N3/c1-5-12(6-2)11-17(7-3)14-10-8-9-13(15-4)16-14/h8-10,12H,5-7,11H2,1-4H3,(H,15,16). The Balaban J connectivity index is 2.77. The van der Waals surface area contributed by atoms with E-state index in [0.29, 0.717) is 0 Å². The molecule has 1 rings (SSSR count). The molecule has 0 aromatic carbocycles. The molecule has 1 aromatic rings. The van der Waals surface area contributed by atoms with Gasteiger partial charge in [-0.25, -0.2) is 4.98 Å². The Hall–Kier alpha value is -1.25. The highest BCUT2D eigenvalue weighted by Gasteiger charge is 2.11. The van der Waals surface area contributed by atoms with Gasteiger partial charge in [0.2, 0.25) is 0 Å². The maximum Gasteiger partial charge on any atom is 0.130 e. The number of nitrogens with zero attached hydrogens (tertiary/aromatic N) is 2. The van der Waals surface area contributed by atoms with Crippen LogP contribution in [0.2, 0.25) is 0 Å². The molecule has 1 N–H and O–H groups in total. The molecule has 0 radical (unpaired) electrons. The van der Waals surface area contributed by atoms with E-state index in [9.17, 15) is 0 Å². The Kier molecular flexibility index (Phi) is 5.81. The van der Waals surface area contributed by atoms with E-state index < -0.39 is 0 Å². The maximum absolute atomic E-state index is 4.60. The molecular weight excluding hydrogens is 210 g/mol. The van der Waals surface area contributed by atoms with E-state index in [2.05, 4.69) is 48.1 Å². The molecule has 0 fully saturated rings. The zero-order chi connectivity index (χ0) is 12.7. The summed E-state index contributed by atoms with van der Waals surface area (Å²) in [5, 5.41) is 3.09. The molecule has 0 amide bonds.